The van der Waals surface area contributed by atoms with Crippen molar-refractivity contribution in [2.24, 2.45) is 0 Å². The molecule has 0 unspecified atom stereocenters. The van der Waals surface area contributed by atoms with Crippen LogP contribution in [0.2, 0.25) is 0 Å². The fraction of sp³-hybridized carbons (Fsp3) is 0.217. The maximum Gasteiger partial charge on any atom is 0.254 e. The first-order valence-electron chi connectivity index (χ1n) is 9.48. The second-order valence-corrected chi connectivity index (χ2v) is 6.54. The molecule has 2 N–H and O–H groups in total. The molecule has 1 heterocycles. The molecule has 0 aliphatic rings. The third kappa shape index (κ3) is 6.62. The van der Waals surface area contributed by atoms with Crippen molar-refractivity contribution < 1.29 is 18.7 Å². The van der Waals surface area contributed by atoms with Gasteiger partial charge in [0.25, 0.3) is 5.91 Å². The zero-order valence-corrected chi connectivity index (χ0v) is 16.1. The lowest BCUT2D eigenvalue weighted by Crippen LogP contribution is -2.30. The molecule has 150 valence electrons. The van der Waals surface area contributed by atoms with Crippen molar-refractivity contribution in [1.29, 1.82) is 0 Å². The van der Waals surface area contributed by atoms with Gasteiger partial charge in [-0.3, -0.25) is 9.59 Å². The summed E-state index contributed by atoms with van der Waals surface area (Å²) in [5.41, 5.74) is 3.61. The molecule has 1 aromatic heterocycles. The summed E-state index contributed by atoms with van der Waals surface area (Å²) in [6.07, 6.45) is 3.01. The average molecular weight is 392 g/mol. The molecule has 0 aliphatic heterocycles. The predicted octanol–water partition coefficient (Wildman–Crippen LogP) is 3.43. The van der Waals surface area contributed by atoms with Gasteiger partial charge in [0, 0.05) is 19.5 Å². The molecule has 0 spiro atoms. The van der Waals surface area contributed by atoms with E-state index in [-0.39, 0.29) is 24.8 Å². The van der Waals surface area contributed by atoms with E-state index in [0.29, 0.717) is 25.3 Å². The van der Waals surface area contributed by atoms with Crippen LogP contribution < -0.4 is 10.6 Å². The van der Waals surface area contributed by atoms with Crippen molar-refractivity contribution >= 4 is 11.8 Å². The zero-order chi connectivity index (χ0) is 20.3. The SMILES string of the molecule is O=C(CCNC(=O)c1ccoc1)NCc1ccccc1COCc1ccccc1. The van der Waals surface area contributed by atoms with Gasteiger partial charge in [-0.1, -0.05) is 54.6 Å². The summed E-state index contributed by atoms with van der Waals surface area (Å²) >= 11 is 0. The number of furan rings is 1. The molecule has 0 saturated carbocycles. The number of carbonyl (C=O) groups excluding carboxylic acids is 2. The van der Waals surface area contributed by atoms with Gasteiger partial charge >= 0.3 is 0 Å². The zero-order valence-electron chi connectivity index (χ0n) is 16.1. The molecule has 29 heavy (non-hydrogen) atoms. The number of hydrogen-bond acceptors (Lipinski definition) is 4. The monoisotopic (exact) mass is 392 g/mol. The van der Waals surface area contributed by atoms with Gasteiger partial charge in [0.1, 0.15) is 6.26 Å². The highest BCUT2D eigenvalue weighted by atomic mass is 16.5. The minimum absolute atomic E-state index is 0.127. The Labute approximate surface area is 169 Å². The van der Waals surface area contributed by atoms with E-state index in [4.69, 9.17) is 9.15 Å². The van der Waals surface area contributed by atoms with E-state index in [1.807, 2.05) is 54.6 Å². The highest BCUT2D eigenvalue weighted by molar-refractivity contribution is 5.94. The Bertz CT molecular complexity index is 908. The van der Waals surface area contributed by atoms with Crippen LogP contribution >= 0.6 is 0 Å². The van der Waals surface area contributed by atoms with Gasteiger partial charge in [-0.05, 0) is 22.8 Å². The summed E-state index contributed by atoms with van der Waals surface area (Å²) in [6, 6.07) is 19.4. The molecular formula is C23H24N2O4. The van der Waals surface area contributed by atoms with E-state index in [1.165, 1.54) is 12.5 Å². The van der Waals surface area contributed by atoms with Gasteiger partial charge in [-0.25, -0.2) is 0 Å². The third-order valence-electron chi connectivity index (χ3n) is 4.38. The first-order valence-corrected chi connectivity index (χ1v) is 9.48. The third-order valence-corrected chi connectivity index (χ3v) is 4.38. The van der Waals surface area contributed by atoms with Crippen LogP contribution in [0.25, 0.3) is 0 Å². The predicted molar refractivity (Wildman–Crippen MR) is 109 cm³/mol. The van der Waals surface area contributed by atoms with Crippen molar-refractivity contribution in [3.63, 3.8) is 0 Å². The number of hydrogen-bond donors (Lipinski definition) is 2. The molecule has 0 fully saturated rings. The number of nitrogens with one attached hydrogen (secondary N) is 2. The maximum atomic E-state index is 12.1. The Hall–Kier alpha value is -3.38. The molecule has 3 aromatic rings. The maximum absolute atomic E-state index is 12.1. The second-order valence-electron chi connectivity index (χ2n) is 6.54. The first kappa shape index (κ1) is 20.4. The molecule has 0 aliphatic carbocycles. The molecule has 6 nitrogen and oxygen atoms in total. The standard InChI is InChI=1S/C23H24N2O4/c26-22(10-12-24-23(27)21-11-13-28-17-21)25-14-19-8-4-5-9-20(19)16-29-15-18-6-2-1-3-7-18/h1-9,11,13,17H,10,12,14-16H2,(H,24,27)(H,25,26). The Morgan fingerprint density at radius 2 is 1.62 bits per heavy atom. The molecular weight excluding hydrogens is 368 g/mol. The van der Waals surface area contributed by atoms with Crippen molar-refractivity contribution in [2.45, 2.75) is 26.2 Å². The Balaban J connectivity index is 1.40. The van der Waals surface area contributed by atoms with E-state index in [9.17, 15) is 9.59 Å². The lowest BCUT2D eigenvalue weighted by atomic mass is 10.1. The molecule has 3 rings (SSSR count). The second kappa shape index (κ2) is 10.8. The number of ether oxygens (including phenoxy) is 1. The Morgan fingerprint density at radius 3 is 2.38 bits per heavy atom. The van der Waals surface area contributed by atoms with Crippen molar-refractivity contribution in [3.8, 4) is 0 Å². The Morgan fingerprint density at radius 1 is 0.862 bits per heavy atom. The summed E-state index contributed by atoms with van der Waals surface area (Å²) in [5, 5.41) is 5.58. The van der Waals surface area contributed by atoms with Crippen LogP contribution in [0.5, 0.6) is 0 Å². The fourth-order valence-corrected chi connectivity index (χ4v) is 2.79. The minimum atomic E-state index is -0.257. The fourth-order valence-electron chi connectivity index (χ4n) is 2.79. The number of amides is 2. The van der Waals surface area contributed by atoms with Gasteiger partial charge in [0.15, 0.2) is 0 Å². The van der Waals surface area contributed by atoms with Crippen LogP contribution in [-0.2, 0) is 29.3 Å². The largest absolute Gasteiger partial charge is 0.472 e. The smallest absolute Gasteiger partial charge is 0.254 e. The van der Waals surface area contributed by atoms with Crippen LogP contribution in [-0.4, -0.2) is 18.4 Å². The van der Waals surface area contributed by atoms with E-state index in [0.717, 1.165) is 16.7 Å². The molecule has 0 bridgehead atoms. The number of benzene rings is 2. The molecule has 6 heteroatoms. The van der Waals surface area contributed by atoms with E-state index < -0.39 is 0 Å². The van der Waals surface area contributed by atoms with Crippen molar-refractivity contribution in [1.82, 2.24) is 10.6 Å². The van der Waals surface area contributed by atoms with Gasteiger partial charge in [-0.2, -0.15) is 0 Å². The van der Waals surface area contributed by atoms with Crippen LogP contribution in [0, 0.1) is 0 Å². The summed E-state index contributed by atoms with van der Waals surface area (Å²) in [4.78, 5) is 23.9. The van der Waals surface area contributed by atoms with Gasteiger partial charge in [0.05, 0.1) is 25.0 Å². The minimum Gasteiger partial charge on any atom is -0.472 e. The molecule has 2 aromatic carbocycles. The molecule has 2 amide bonds. The molecule has 0 saturated heterocycles. The molecule has 0 atom stereocenters. The highest BCUT2D eigenvalue weighted by Gasteiger charge is 2.08. The summed E-state index contributed by atoms with van der Waals surface area (Å²) in [5.74, 6) is -0.384. The topological polar surface area (TPSA) is 80.6 Å². The lowest BCUT2D eigenvalue weighted by Gasteiger charge is -2.12. The van der Waals surface area contributed by atoms with Gasteiger partial charge < -0.3 is 19.8 Å². The highest BCUT2D eigenvalue weighted by Crippen LogP contribution is 2.12. The van der Waals surface area contributed by atoms with E-state index >= 15 is 0 Å². The summed E-state index contributed by atoms with van der Waals surface area (Å²) in [6.45, 7) is 1.69. The van der Waals surface area contributed by atoms with Crippen LogP contribution in [0.3, 0.4) is 0 Å². The van der Waals surface area contributed by atoms with Crippen molar-refractivity contribution in [3.05, 3.63) is 95.4 Å². The van der Waals surface area contributed by atoms with Gasteiger partial charge in [-0.15, -0.1) is 0 Å². The average Bonchev–Trinajstić information content (AvgIpc) is 3.29. The molecule has 0 radical (unpaired) electrons. The van der Waals surface area contributed by atoms with Gasteiger partial charge in [0.2, 0.25) is 5.91 Å². The number of carbonyl (C=O) groups is 2. The van der Waals surface area contributed by atoms with E-state index in [1.54, 1.807) is 6.07 Å². The quantitative estimate of drug-likeness (QED) is 0.554. The summed E-state index contributed by atoms with van der Waals surface area (Å²) in [7, 11) is 0. The lowest BCUT2D eigenvalue weighted by molar-refractivity contribution is -0.121. The normalized spacial score (nSPS) is 10.5. The first-order chi connectivity index (χ1) is 14.2. The number of rotatable bonds is 10. The van der Waals surface area contributed by atoms with Crippen LogP contribution in [0.4, 0.5) is 0 Å². The van der Waals surface area contributed by atoms with E-state index in [2.05, 4.69) is 10.6 Å². The van der Waals surface area contributed by atoms with Crippen molar-refractivity contribution in [2.75, 3.05) is 6.54 Å². The van der Waals surface area contributed by atoms with Crippen LogP contribution in [0.1, 0.15) is 33.5 Å². The van der Waals surface area contributed by atoms with Crippen LogP contribution in [0.15, 0.2) is 77.6 Å². The Kier molecular flexibility index (Phi) is 7.60. The summed E-state index contributed by atoms with van der Waals surface area (Å²) < 4.78 is 10.7.